The van der Waals surface area contributed by atoms with Crippen LogP contribution in [0.5, 0.6) is 0 Å². The highest BCUT2D eigenvalue weighted by atomic mass is 16.3. The summed E-state index contributed by atoms with van der Waals surface area (Å²) in [5.41, 5.74) is 1.83. The first kappa shape index (κ1) is 14.8. The van der Waals surface area contributed by atoms with Gasteiger partial charge in [-0.15, -0.1) is 0 Å². The Bertz CT molecular complexity index is 613. The van der Waals surface area contributed by atoms with E-state index in [0.29, 0.717) is 17.5 Å². The molecular weight excluding hydrogens is 276 g/mol. The minimum atomic E-state index is -0.00152. The molecule has 1 amide bonds. The van der Waals surface area contributed by atoms with Crippen LogP contribution in [0.4, 0.5) is 0 Å². The van der Waals surface area contributed by atoms with Crippen LogP contribution in [0.3, 0.4) is 0 Å². The monoisotopic (exact) mass is 298 g/mol. The van der Waals surface area contributed by atoms with Crippen molar-refractivity contribution in [2.45, 2.75) is 32.6 Å². The van der Waals surface area contributed by atoms with E-state index in [2.05, 4.69) is 35.3 Å². The maximum Gasteiger partial charge on any atom is 0.275 e. The number of benzene rings is 1. The summed E-state index contributed by atoms with van der Waals surface area (Å²) in [6.07, 6.45) is 5.95. The van der Waals surface area contributed by atoms with Crippen LogP contribution in [0.15, 0.2) is 41.0 Å². The number of amides is 1. The van der Waals surface area contributed by atoms with Crippen LogP contribution in [0.25, 0.3) is 0 Å². The standard InChI is InChI=1S/C18H22N2O2/c1-14-19-17(13-22-14)18(21)20-11-9-16(10-12-20)8-7-15-5-3-2-4-6-15/h2-6,13,16H,7-12H2,1H3. The van der Waals surface area contributed by atoms with E-state index < -0.39 is 0 Å². The van der Waals surface area contributed by atoms with Crippen molar-refractivity contribution < 1.29 is 9.21 Å². The zero-order chi connectivity index (χ0) is 15.4. The topological polar surface area (TPSA) is 46.3 Å². The van der Waals surface area contributed by atoms with Gasteiger partial charge in [-0.2, -0.15) is 0 Å². The number of carbonyl (C=O) groups is 1. The van der Waals surface area contributed by atoms with Crippen molar-refractivity contribution in [1.29, 1.82) is 0 Å². The number of carbonyl (C=O) groups excluding carboxylic acids is 1. The molecule has 4 heteroatoms. The predicted octanol–water partition coefficient (Wildman–Crippen LogP) is 3.47. The molecule has 2 heterocycles. The molecular formula is C18H22N2O2. The second kappa shape index (κ2) is 6.77. The van der Waals surface area contributed by atoms with E-state index >= 15 is 0 Å². The molecule has 0 bridgehead atoms. The van der Waals surface area contributed by atoms with Gasteiger partial charge in [0.05, 0.1) is 0 Å². The number of likely N-dealkylation sites (tertiary alicyclic amines) is 1. The number of oxazole rings is 1. The molecule has 0 N–H and O–H groups in total. The van der Waals surface area contributed by atoms with Crippen molar-refractivity contribution in [2.24, 2.45) is 5.92 Å². The van der Waals surface area contributed by atoms with Crippen LogP contribution in [-0.4, -0.2) is 28.9 Å². The highest BCUT2D eigenvalue weighted by Gasteiger charge is 2.25. The number of hydrogen-bond acceptors (Lipinski definition) is 3. The van der Waals surface area contributed by atoms with Gasteiger partial charge in [-0.25, -0.2) is 4.98 Å². The third-order valence-electron chi connectivity index (χ3n) is 4.42. The second-order valence-electron chi connectivity index (χ2n) is 6.01. The average Bonchev–Trinajstić information content (AvgIpc) is 3.00. The maximum absolute atomic E-state index is 12.3. The van der Waals surface area contributed by atoms with Crippen LogP contribution in [0, 0.1) is 12.8 Å². The third-order valence-corrected chi connectivity index (χ3v) is 4.42. The summed E-state index contributed by atoms with van der Waals surface area (Å²) in [5, 5.41) is 0. The first-order chi connectivity index (χ1) is 10.7. The lowest BCUT2D eigenvalue weighted by Crippen LogP contribution is -2.38. The Labute approximate surface area is 131 Å². The average molecular weight is 298 g/mol. The molecule has 1 aliphatic rings. The largest absolute Gasteiger partial charge is 0.448 e. The molecule has 0 saturated carbocycles. The lowest BCUT2D eigenvalue weighted by molar-refractivity contribution is 0.0681. The van der Waals surface area contributed by atoms with E-state index in [4.69, 9.17) is 4.42 Å². The fraction of sp³-hybridized carbons (Fsp3) is 0.444. The molecule has 0 atom stereocenters. The Hall–Kier alpha value is -2.10. The Morgan fingerprint density at radius 1 is 1.27 bits per heavy atom. The number of rotatable bonds is 4. The summed E-state index contributed by atoms with van der Waals surface area (Å²) in [5.74, 6) is 1.25. The number of nitrogens with zero attached hydrogens (tertiary/aromatic N) is 2. The summed E-state index contributed by atoms with van der Waals surface area (Å²) in [6.45, 7) is 3.40. The third kappa shape index (κ3) is 3.56. The van der Waals surface area contributed by atoms with Gasteiger partial charge in [0, 0.05) is 20.0 Å². The lowest BCUT2D eigenvalue weighted by Gasteiger charge is -2.31. The Balaban J connectivity index is 1.47. The summed E-state index contributed by atoms with van der Waals surface area (Å²) in [7, 11) is 0. The quantitative estimate of drug-likeness (QED) is 0.868. The molecule has 1 aromatic carbocycles. The highest BCUT2D eigenvalue weighted by Crippen LogP contribution is 2.23. The Morgan fingerprint density at radius 3 is 2.64 bits per heavy atom. The molecule has 0 aliphatic carbocycles. The van der Waals surface area contributed by atoms with E-state index in [1.54, 1.807) is 6.92 Å². The Kier molecular flexibility index (Phi) is 4.56. The Morgan fingerprint density at radius 2 is 2.00 bits per heavy atom. The zero-order valence-corrected chi connectivity index (χ0v) is 13.0. The van der Waals surface area contributed by atoms with Crippen molar-refractivity contribution in [2.75, 3.05) is 13.1 Å². The molecule has 0 unspecified atom stereocenters. The summed E-state index contributed by atoms with van der Waals surface area (Å²) < 4.78 is 5.13. The van der Waals surface area contributed by atoms with E-state index in [1.165, 1.54) is 18.2 Å². The van der Waals surface area contributed by atoms with Gasteiger partial charge in [0.1, 0.15) is 6.26 Å². The smallest absolute Gasteiger partial charge is 0.275 e. The number of hydrogen-bond donors (Lipinski definition) is 0. The molecule has 116 valence electrons. The molecule has 1 aromatic heterocycles. The number of piperidine rings is 1. The first-order valence-electron chi connectivity index (χ1n) is 7.97. The van der Waals surface area contributed by atoms with E-state index in [0.717, 1.165) is 32.4 Å². The minimum absolute atomic E-state index is 0.00152. The zero-order valence-electron chi connectivity index (χ0n) is 13.0. The van der Waals surface area contributed by atoms with Gasteiger partial charge < -0.3 is 9.32 Å². The van der Waals surface area contributed by atoms with Crippen molar-refractivity contribution in [3.05, 3.63) is 53.7 Å². The van der Waals surface area contributed by atoms with Crippen molar-refractivity contribution >= 4 is 5.91 Å². The molecule has 22 heavy (non-hydrogen) atoms. The normalized spacial score (nSPS) is 16.0. The van der Waals surface area contributed by atoms with Crippen LogP contribution >= 0.6 is 0 Å². The molecule has 1 aliphatic heterocycles. The van der Waals surface area contributed by atoms with E-state index in [-0.39, 0.29) is 5.91 Å². The van der Waals surface area contributed by atoms with Crippen LogP contribution in [0.1, 0.15) is 41.2 Å². The SMILES string of the molecule is Cc1nc(C(=O)N2CCC(CCc3ccccc3)CC2)co1. The first-order valence-corrected chi connectivity index (χ1v) is 7.97. The summed E-state index contributed by atoms with van der Waals surface area (Å²) in [4.78, 5) is 18.3. The fourth-order valence-corrected chi connectivity index (χ4v) is 3.06. The molecule has 0 radical (unpaired) electrons. The predicted molar refractivity (Wildman–Crippen MR) is 84.6 cm³/mol. The summed E-state index contributed by atoms with van der Waals surface area (Å²) in [6, 6.07) is 10.6. The van der Waals surface area contributed by atoms with Gasteiger partial charge in [-0.1, -0.05) is 30.3 Å². The van der Waals surface area contributed by atoms with Gasteiger partial charge >= 0.3 is 0 Å². The van der Waals surface area contributed by atoms with Crippen LogP contribution in [-0.2, 0) is 6.42 Å². The highest BCUT2D eigenvalue weighted by molar-refractivity contribution is 5.92. The maximum atomic E-state index is 12.3. The van der Waals surface area contributed by atoms with E-state index in [9.17, 15) is 4.79 Å². The molecule has 2 aromatic rings. The molecule has 1 saturated heterocycles. The van der Waals surface area contributed by atoms with Crippen LogP contribution in [0.2, 0.25) is 0 Å². The van der Waals surface area contributed by atoms with Crippen LogP contribution < -0.4 is 0 Å². The summed E-state index contributed by atoms with van der Waals surface area (Å²) >= 11 is 0. The van der Waals surface area contributed by atoms with Crippen molar-refractivity contribution in [1.82, 2.24) is 9.88 Å². The van der Waals surface area contributed by atoms with Gasteiger partial charge in [0.25, 0.3) is 5.91 Å². The molecule has 4 nitrogen and oxygen atoms in total. The van der Waals surface area contributed by atoms with Crippen molar-refractivity contribution in [3.8, 4) is 0 Å². The molecule has 3 rings (SSSR count). The lowest BCUT2D eigenvalue weighted by atomic mass is 9.90. The molecule has 1 fully saturated rings. The van der Waals surface area contributed by atoms with Gasteiger partial charge in [-0.05, 0) is 37.2 Å². The number of aryl methyl sites for hydroxylation is 2. The van der Waals surface area contributed by atoms with Gasteiger partial charge in [0.2, 0.25) is 0 Å². The van der Waals surface area contributed by atoms with Gasteiger partial charge in [-0.3, -0.25) is 4.79 Å². The van der Waals surface area contributed by atoms with Gasteiger partial charge in [0.15, 0.2) is 11.6 Å². The second-order valence-corrected chi connectivity index (χ2v) is 6.01. The minimum Gasteiger partial charge on any atom is -0.448 e. The fourth-order valence-electron chi connectivity index (χ4n) is 3.06. The number of aromatic nitrogens is 1. The van der Waals surface area contributed by atoms with Crippen molar-refractivity contribution in [3.63, 3.8) is 0 Å². The molecule has 0 spiro atoms. The van der Waals surface area contributed by atoms with E-state index in [1.807, 2.05) is 4.90 Å².